The van der Waals surface area contributed by atoms with E-state index < -0.39 is 0 Å². The van der Waals surface area contributed by atoms with Crippen molar-refractivity contribution >= 4 is 17.2 Å². The zero-order valence-electron chi connectivity index (χ0n) is 12.6. The predicted octanol–water partition coefficient (Wildman–Crippen LogP) is 3.30. The highest BCUT2D eigenvalue weighted by Crippen LogP contribution is 2.21. The molecule has 1 aliphatic heterocycles. The van der Waals surface area contributed by atoms with E-state index in [4.69, 9.17) is 4.74 Å². The molecule has 1 saturated heterocycles. The number of aromatic nitrogens is 1. The van der Waals surface area contributed by atoms with Crippen molar-refractivity contribution in [2.45, 2.75) is 52.1 Å². The maximum Gasteiger partial charge on any atom is 0.282 e. The van der Waals surface area contributed by atoms with E-state index in [1.54, 1.807) is 0 Å². The molecule has 1 aromatic heterocycles. The Morgan fingerprint density at radius 2 is 2.40 bits per heavy atom. The van der Waals surface area contributed by atoms with Crippen LogP contribution in [0.3, 0.4) is 0 Å². The third kappa shape index (κ3) is 3.79. The Morgan fingerprint density at radius 3 is 3.05 bits per heavy atom. The van der Waals surface area contributed by atoms with Crippen LogP contribution in [0.4, 0.5) is 0 Å². The fourth-order valence-corrected chi connectivity index (χ4v) is 3.27. The average molecular weight is 296 g/mol. The lowest BCUT2D eigenvalue weighted by Crippen LogP contribution is -2.43. The van der Waals surface area contributed by atoms with Crippen LogP contribution in [-0.4, -0.2) is 41.6 Å². The summed E-state index contributed by atoms with van der Waals surface area (Å²) >= 11 is 1.46. The van der Waals surface area contributed by atoms with Gasteiger partial charge in [-0.05, 0) is 25.2 Å². The summed E-state index contributed by atoms with van der Waals surface area (Å²) in [7, 11) is 0. The van der Waals surface area contributed by atoms with Gasteiger partial charge in [0.1, 0.15) is 0 Å². The predicted molar refractivity (Wildman–Crippen MR) is 81.4 cm³/mol. The average Bonchev–Trinajstić information content (AvgIpc) is 2.94. The summed E-state index contributed by atoms with van der Waals surface area (Å²) in [6, 6.07) is 0. The van der Waals surface area contributed by atoms with E-state index in [0.717, 1.165) is 38.1 Å². The minimum absolute atomic E-state index is 0.0618. The molecule has 0 N–H and O–H groups in total. The van der Waals surface area contributed by atoms with Gasteiger partial charge in [-0.15, -0.1) is 11.3 Å². The molecule has 4 nitrogen and oxygen atoms in total. The molecule has 0 spiro atoms. The first-order valence-electron chi connectivity index (χ1n) is 7.48. The molecule has 0 saturated carbocycles. The molecule has 1 unspecified atom stereocenters. The molecule has 0 aliphatic carbocycles. The van der Waals surface area contributed by atoms with Crippen LogP contribution in [-0.2, 0) is 4.74 Å². The van der Waals surface area contributed by atoms with Crippen molar-refractivity contribution < 1.29 is 9.53 Å². The molecule has 1 aliphatic rings. The smallest absolute Gasteiger partial charge is 0.282 e. The second-order valence-corrected chi connectivity index (χ2v) is 6.48. The van der Waals surface area contributed by atoms with Crippen LogP contribution >= 0.6 is 11.3 Å². The molecule has 1 fully saturated rings. The summed E-state index contributed by atoms with van der Waals surface area (Å²) in [6.07, 6.45) is 3.29. The second kappa shape index (κ2) is 7.18. The Balaban J connectivity index is 1.97. The second-order valence-electron chi connectivity index (χ2n) is 5.62. The van der Waals surface area contributed by atoms with Crippen LogP contribution in [0.1, 0.15) is 61.4 Å². The van der Waals surface area contributed by atoms with Crippen molar-refractivity contribution in [3.63, 3.8) is 0 Å². The van der Waals surface area contributed by atoms with Crippen LogP contribution < -0.4 is 0 Å². The monoisotopic (exact) mass is 296 g/mol. The van der Waals surface area contributed by atoms with Crippen molar-refractivity contribution in [3.8, 4) is 0 Å². The van der Waals surface area contributed by atoms with Gasteiger partial charge >= 0.3 is 0 Å². The van der Waals surface area contributed by atoms with Gasteiger partial charge in [-0.3, -0.25) is 4.79 Å². The zero-order valence-corrected chi connectivity index (χ0v) is 13.4. The summed E-state index contributed by atoms with van der Waals surface area (Å²) in [5, 5.41) is 2.61. The van der Waals surface area contributed by atoms with Crippen molar-refractivity contribution in [3.05, 3.63) is 16.1 Å². The van der Waals surface area contributed by atoms with E-state index in [1.165, 1.54) is 11.3 Å². The molecular weight excluding hydrogens is 272 g/mol. The SMILES string of the molecule is CCCOC1CCCN(C(=O)c2nc(C(C)C)cs2)C1. The maximum atomic E-state index is 12.5. The van der Waals surface area contributed by atoms with Gasteiger partial charge in [0.05, 0.1) is 11.8 Å². The molecule has 1 aromatic rings. The number of piperidine rings is 1. The van der Waals surface area contributed by atoms with E-state index in [2.05, 4.69) is 25.8 Å². The molecule has 0 radical (unpaired) electrons. The van der Waals surface area contributed by atoms with Gasteiger partial charge in [0.2, 0.25) is 0 Å². The molecule has 5 heteroatoms. The topological polar surface area (TPSA) is 42.4 Å². The quantitative estimate of drug-likeness (QED) is 0.837. The number of amides is 1. The summed E-state index contributed by atoms with van der Waals surface area (Å²) in [5.41, 5.74) is 1.01. The van der Waals surface area contributed by atoms with E-state index in [1.807, 2.05) is 10.3 Å². The van der Waals surface area contributed by atoms with Crippen LogP contribution in [0.15, 0.2) is 5.38 Å². The van der Waals surface area contributed by atoms with Crippen LogP contribution in [0.25, 0.3) is 0 Å². The molecule has 1 amide bonds. The van der Waals surface area contributed by atoms with Gasteiger partial charge in [-0.2, -0.15) is 0 Å². The van der Waals surface area contributed by atoms with Gasteiger partial charge < -0.3 is 9.64 Å². The van der Waals surface area contributed by atoms with E-state index in [0.29, 0.717) is 17.5 Å². The third-order valence-corrected chi connectivity index (χ3v) is 4.37. The number of thiazole rings is 1. The van der Waals surface area contributed by atoms with Crippen molar-refractivity contribution in [2.75, 3.05) is 19.7 Å². The summed E-state index contributed by atoms with van der Waals surface area (Å²) in [5.74, 6) is 0.432. The molecule has 0 bridgehead atoms. The van der Waals surface area contributed by atoms with E-state index in [9.17, 15) is 4.79 Å². The number of nitrogens with zero attached hydrogens (tertiary/aromatic N) is 2. The van der Waals surface area contributed by atoms with Gasteiger partial charge in [-0.1, -0.05) is 20.8 Å². The summed E-state index contributed by atoms with van der Waals surface area (Å²) in [6.45, 7) is 8.60. The molecule has 0 aromatic carbocycles. The first-order valence-corrected chi connectivity index (χ1v) is 8.36. The number of carbonyl (C=O) groups is 1. The van der Waals surface area contributed by atoms with E-state index >= 15 is 0 Å². The van der Waals surface area contributed by atoms with Crippen LogP contribution in [0, 0.1) is 0 Å². The van der Waals surface area contributed by atoms with Crippen LogP contribution in [0.5, 0.6) is 0 Å². The zero-order chi connectivity index (χ0) is 14.5. The molecule has 2 rings (SSSR count). The highest BCUT2D eigenvalue weighted by molar-refractivity contribution is 7.11. The molecular formula is C15H24N2O2S. The summed E-state index contributed by atoms with van der Waals surface area (Å²) < 4.78 is 5.78. The number of carbonyl (C=O) groups excluding carboxylic acids is 1. The van der Waals surface area contributed by atoms with Crippen molar-refractivity contribution in [1.82, 2.24) is 9.88 Å². The Bertz CT molecular complexity index is 445. The van der Waals surface area contributed by atoms with Crippen LogP contribution in [0.2, 0.25) is 0 Å². The number of hydrogen-bond acceptors (Lipinski definition) is 4. The first-order chi connectivity index (χ1) is 9.61. The fourth-order valence-electron chi connectivity index (χ4n) is 2.33. The number of hydrogen-bond donors (Lipinski definition) is 0. The van der Waals surface area contributed by atoms with Crippen molar-refractivity contribution in [1.29, 1.82) is 0 Å². The molecule has 20 heavy (non-hydrogen) atoms. The Kier molecular flexibility index (Phi) is 5.54. The van der Waals surface area contributed by atoms with Gasteiger partial charge in [0, 0.05) is 25.1 Å². The first kappa shape index (κ1) is 15.4. The molecule has 1 atom stereocenters. The fraction of sp³-hybridized carbons (Fsp3) is 0.733. The third-order valence-electron chi connectivity index (χ3n) is 3.52. The lowest BCUT2D eigenvalue weighted by Gasteiger charge is -2.32. The minimum atomic E-state index is 0.0618. The Hall–Kier alpha value is -0.940. The van der Waals surface area contributed by atoms with E-state index in [-0.39, 0.29) is 12.0 Å². The molecule has 2 heterocycles. The minimum Gasteiger partial charge on any atom is -0.376 e. The van der Waals surface area contributed by atoms with Gasteiger partial charge in [0.15, 0.2) is 5.01 Å². The lowest BCUT2D eigenvalue weighted by atomic mass is 10.1. The van der Waals surface area contributed by atoms with Crippen molar-refractivity contribution in [2.24, 2.45) is 0 Å². The number of rotatable bonds is 5. The molecule has 112 valence electrons. The van der Waals surface area contributed by atoms with Gasteiger partial charge in [-0.25, -0.2) is 4.98 Å². The normalized spacial score (nSPS) is 19.6. The Morgan fingerprint density at radius 1 is 1.60 bits per heavy atom. The highest BCUT2D eigenvalue weighted by atomic mass is 32.1. The largest absolute Gasteiger partial charge is 0.376 e. The van der Waals surface area contributed by atoms with Gasteiger partial charge in [0.25, 0.3) is 5.91 Å². The summed E-state index contributed by atoms with van der Waals surface area (Å²) in [4.78, 5) is 18.8. The Labute approximate surface area is 125 Å². The lowest BCUT2D eigenvalue weighted by molar-refractivity contribution is 0.00210. The maximum absolute atomic E-state index is 12.5. The highest BCUT2D eigenvalue weighted by Gasteiger charge is 2.26. The number of ether oxygens (including phenoxy) is 1. The standard InChI is InChI=1S/C15H24N2O2S/c1-4-8-19-12-6-5-7-17(9-12)15(18)14-16-13(10-20-14)11(2)3/h10-12H,4-9H2,1-3H3. The number of likely N-dealkylation sites (tertiary alicyclic amines) is 1.